The van der Waals surface area contributed by atoms with Crippen LogP contribution < -0.4 is 5.32 Å². The molecule has 0 unspecified atom stereocenters. The Morgan fingerprint density at radius 1 is 1.16 bits per heavy atom. The van der Waals surface area contributed by atoms with Crippen LogP contribution in [0.5, 0.6) is 0 Å². The summed E-state index contributed by atoms with van der Waals surface area (Å²) >= 11 is 0. The lowest BCUT2D eigenvalue weighted by molar-refractivity contribution is 0.522. The summed E-state index contributed by atoms with van der Waals surface area (Å²) in [4.78, 5) is 0. The molecule has 1 aromatic carbocycles. The molecule has 0 bridgehead atoms. The van der Waals surface area contributed by atoms with Crippen molar-refractivity contribution in [2.75, 3.05) is 13.1 Å². The normalized spacial score (nSPS) is 11.6. The van der Waals surface area contributed by atoms with Crippen LogP contribution in [0.15, 0.2) is 30.5 Å². The van der Waals surface area contributed by atoms with Gasteiger partial charge < -0.3 is 9.88 Å². The van der Waals surface area contributed by atoms with Crippen LogP contribution in [0.3, 0.4) is 0 Å². The lowest BCUT2D eigenvalue weighted by Gasteiger charge is -2.08. The maximum absolute atomic E-state index is 3.50. The molecule has 1 heterocycles. The Hall–Kier alpha value is -1.28. The van der Waals surface area contributed by atoms with E-state index in [1.165, 1.54) is 29.3 Å². The van der Waals surface area contributed by atoms with E-state index in [4.69, 9.17) is 0 Å². The van der Waals surface area contributed by atoms with E-state index in [1.807, 2.05) is 0 Å². The van der Waals surface area contributed by atoms with E-state index in [0.29, 0.717) is 0 Å². The first-order valence-electron chi connectivity index (χ1n) is 7.43. The molecule has 0 radical (unpaired) electrons. The molecule has 0 aliphatic rings. The molecule has 1 N–H and O–H groups in total. The van der Waals surface area contributed by atoms with Gasteiger partial charge in [0.15, 0.2) is 0 Å². The van der Waals surface area contributed by atoms with Gasteiger partial charge in [-0.1, -0.05) is 26.0 Å². The van der Waals surface area contributed by atoms with Crippen LogP contribution in [-0.2, 0) is 6.54 Å². The molecule has 19 heavy (non-hydrogen) atoms. The topological polar surface area (TPSA) is 17.0 Å². The van der Waals surface area contributed by atoms with E-state index in [9.17, 15) is 0 Å². The molecule has 0 aliphatic carbocycles. The number of hydrogen-bond donors (Lipinski definition) is 1. The predicted octanol–water partition coefficient (Wildman–Crippen LogP) is 3.98. The zero-order chi connectivity index (χ0) is 13.7. The maximum Gasteiger partial charge on any atom is 0.0482 e. The van der Waals surface area contributed by atoms with Gasteiger partial charge in [-0.2, -0.15) is 0 Å². The van der Waals surface area contributed by atoms with Gasteiger partial charge in [-0.3, -0.25) is 0 Å². The lowest BCUT2D eigenvalue weighted by Crippen LogP contribution is -2.20. The Morgan fingerprint density at radius 2 is 2.00 bits per heavy atom. The second-order valence-electron chi connectivity index (χ2n) is 5.88. The van der Waals surface area contributed by atoms with Crippen molar-refractivity contribution in [2.45, 2.75) is 40.2 Å². The Balaban J connectivity index is 1.80. The molecular formula is C17H26N2. The molecule has 2 aromatic rings. The Kier molecular flexibility index (Phi) is 5.03. The van der Waals surface area contributed by atoms with Crippen LogP contribution in [-0.4, -0.2) is 17.7 Å². The fourth-order valence-electron chi connectivity index (χ4n) is 2.41. The third-order valence-electron chi connectivity index (χ3n) is 3.48. The molecule has 104 valence electrons. The largest absolute Gasteiger partial charge is 0.347 e. The van der Waals surface area contributed by atoms with Gasteiger partial charge in [-0.15, -0.1) is 0 Å². The van der Waals surface area contributed by atoms with Crippen molar-refractivity contribution < 1.29 is 0 Å². The van der Waals surface area contributed by atoms with Crippen LogP contribution in [0, 0.1) is 12.8 Å². The first-order chi connectivity index (χ1) is 9.16. The molecule has 0 aliphatic heterocycles. The Labute approximate surface area is 116 Å². The average Bonchev–Trinajstić information content (AvgIpc) is 2.76. The Bertz CT molecular complexity index is 511. The molecule has 0 fully saturated rings. The standard InChI is InChI=1S/C17H26N2/c1-14(2)13-18-9-4-5-10-19-11-8-16-7-6-15(3)12-17(16)19/h6-8,11-12,14,18H,4-5,9-10,13H2,1-3H3. The van der Waals surface area contributed by atoms with Crippen LogP contribution in [0.2, 0.25) is 0 Å². The van der Waals surface area contributed by atoms with Crippen LogP contribution in [0.1, 0.15) is 32.3 Å². The molecule has 0 amide bonds. The third-order valence-corrected chi connectivity index (χ3v) is 3.48. The summed E-state index contributed by atoms with van der Waals surface area (Å²) < 4.78 is 2.38. The van der Waals surface area contributed by atoms with Crippen molar-refractivity contribution in [3.8, 4) is 0 Å². The quantitative estimate of drug-likeness (QED) is 0.743. The average molecular weight is 258 g/mol. The second-order valence-corrected chi connectivity index (χ2v) is 5.88. The van der Waals surface area contributed by atoms with Gasteiger partial charge >= 0.3 is 0 Å². The fraction of sp³-hybridized carbons (Fsp3) is 0.529. The highest BCUT2D eigenvalue weighted by molar-refractivity contribution is 5.80. The summed E-state index contributed by atoms with van der Waals surface area (Å²) in [6.45, 7) is 10.0. The van der Waals surface area contributed by atoms with Crippen molar-refractivity contribution >= 4 is 10.9 Å². The third kappa shape index (κ3) is 4.10. The number of benzene rings is 1. The van der Waals surface area contributed by atoms with Crippen LogP contribution >= 0.6 is 0 Å². The molecule has 2 nitrogen and oxygen atoms in total. The van der Waals surface area contributed by atoms with Gasteiger partial charge in [0.2, 0.25) is 0 Å². The van der Waals surface area contributed by atoms with Crippen molar-refractivity contribution in [1.29, 1.82) is 0 Å². The van der Waals surface area contributed by atoms with Gasteiger partial charge in [-0.25, -0.2) is 0 Å². The highest BCUT2D eigenvalue weighted by atomic mass is 14.9. The van der Waals surface area contributed by atoms with Crippen molar-refractivity contribution in [3.05, 3.63) is 36.0 Å². The number of aromatic nitrogens is 1. The molecule has 2 rings (SSSR count). The molecule has 0 saturated carbocycles. The molecule has 0 saturated heterocycles. The summed E-state index contributed by atoms with van der Waals surface area (Å²) in [6, 6.07) is 8.89. The monoisotopic (exact) mass is 258 g/mol. The minimum atomic E-state index is 0.747. The number of nitrogens with one attached hydrogen (secondary N) is 1. The SMILES string of the molecule is Cc1ccc2ccn(CCCCNCC(C)C)c2c1. The van der Waals surface area contributed by atoms with Crippen molar-refractivity contribution in [2.24, 2.45) is 5.92 Å². The number of nitrogens with zero attached hydrogens (tertiary/aromatic N) is 1. The van der Waals surface area contributed by atoms with Gasteiger partial charge in [0.25, 0.3) is 0 Å². The highest BCUT2D eigenvalue weighted by Crippen LogP contribution is 2.17. The Morgan fingerprint density at radius 3 is 2.79 bits per heavy atom. The van der Waals surface area contributed by atoms with E-state index >= 15 is 0 Å². The first-order valence-corrected chi connectivity index (χ1v) is 7.43. The summed E-state index contributed by atoms with van der Waals surface area (Å²) in [5.41, 5.74) is 2.71. The fourth-order valence-corrected chi connectivity index (χ4v) is 2.41. The van der Waals surface area contributed by atoms with E-state index in [1.54, 1.807) is 0 Å². The first kappa shape index (κ1) is 14.1. The zero-order valence-electron chi connectivity index (χ0n) is 12.4. The summed E-state index contributed by atoms with van der Waals surface area (Å²) in [6.07, 6.45) is 4.70. The van der Waals surface area contributed by atoms with E-state index < -0.39 is 0 Å². The van der Waals surface area contributed by atoms with Crippen LogP contribution in [0.25, 0.3) is 10.9 Å². The molecular weight excluding hydrogens is 232 g/mol. The van der Waals surface area contributed by atoms with Gasteiger partial charge in [0.1, 0.15) is 0 Å². The number of fused-ring (bicyclic) bond motifs is 1. The number of rotatable bonds is 7. The summed E-state index contributed by atoms with van der Waals surface area (Å²) in [5.74, 6) is 0.747. The molecule has 0 spiro atoms. The van der Waals surface area contributed by atoms with E-state index in [2.05, 4.69) is 61.1 Å². The molecule has 0 atom stereocenters. The van der Waals surface area contributed by atoms with Crippen molar-refractivity contribution in [1.82, 2.24) is 9.88 Å². The van der Waals surface area contributed by atoms with E-state index in [-0.39, 0.29) is 0 Å². The minimum Gasteiger partial charge on any atom is -0.347 e. The highest BCUT2D eigenvalue weighted by Gasteiger charge is 2.01. The van der Waals surface area contributed by atoms with Gasteiger partial charge in [-0.05, 0) is 61.9 Å². The predicted molar refractivity (Wildman–Crippen MR) is 83.6 cm³/mol. The zero-order valence-corrected chi connectivity index (χ0v) is 12.4. The number of hydrogen-bond acceptors (Lipinski definition) is 1. The number of aryl methyl sites for hydroxylation is 2. The van der Waals surface area contributed by atoms with Crippen molar-refractivity contribution in [3.63, 3.8) is 0 Å². The minimum absolute atomic E-state index is 0.747. The molecule has 1 aromatic heterocycles. The lowest BCUT2D eigenvalue weighted by atomic mass is 10.2. The molecule has 2 heteroatoms. The smallest absolute Gasteiger partial charge is 0.0482 e. The van der Waals surface area contributed by atoms with Gasteiger partial charge in [0, 0.05) is 18.3 Å². The number of unbranched alkanes of at least 4 members (excludes halogenated alkanes) is 1. The summed E-state index contributed by atoms with van der Waals surface area (Å²) in [5, 5.41) is 4.85. The second kappa shape index (κ2) is 6.76. The summed E-state index contributed by atoms with van der Waals surface area (Å²) in [7, 11) is 0. The maximum atomic E-state index is 3.50. The van der Waals surface area contributed by atoms with Gasteiger partial charge in [0.05, 0.1) is 0 Å². The van der Waals surface area contributed by atoms with Crippen LogP contribution in [0.4, 0.5) is 0 Å². The van der Waals surface area contributed by atoms with E-state index in [0.717, 1.165) is 25.6 Å².